The van der Waals surface area contributed by atoms with Crippen LogP contribution in [0.2, 0.25) is 0 Å². The van der Waals surface area contributed by atoms with E-state index in [1.807, 2.05) is 10.7 Å². The Morgan fingerprint density at radius 2 is 2.30 bits per heavy atom. The number of carboxylic acids is 1. The molecule has 0 saturated carbocycles. The van der Waals surface area contributed by atoms with Crippen molar-refractivity contribution in [3.05, 3.63) is 17.5 Å². The zero-order valence-corrected chi connectivity index (χ0v) is 11.9. The zero-order chi connectivity index (χ0) is 14.4. The number of rotatable bonds is 4. The van der Waals surface area contributed by atoms with Crippen molar-refractivity contribution in [2.24, 2.45) is 0 Å². The summed E-state index contributed by atoms with van der Waals surface area (Å²) in [5.41, 5.74) is 2.05. The van der Waals surface area contributed by atoms with E-state index in [1.165, 1.54) is 5.69 Å². The van der Waals surface area contributed by atoms with Gasteiger partial charge in [-0.05, 0) is 12.5 Å². The molecule has 0 atom stereocenters. The minimum absolute atomic E-state index is 0.141. The third-order valence-electron chi connectivity index (χ3n) is 3.34. The summed E-state index contributed by atoms with van der Waals surface area (Å²) in [6.07, 6.45) is 2.60. The minimum Gasteiger partial charge on any atom is -0.481 e. The van der Waals surface area contributed by atoms with Gasteiger partial charge in [-0.15, -0.1) is 5.92 Å². The number of nitrogens with zero attached hydrogens (tertiary/aromatic N) is 3. The molecule has 1 aromatic heterocycles. The van der Waals surface area contributed by atoms with Crippen LogP contribution in [-0.2, 0) is 24.3 Å². The topological polar surface area (TPSA) is 58.4 Å². The highest BCUT2D eigenvalue weighted by molar-refractivity contribution is 5.66. The molecule has 1 aliphatic heterocycles. The molecule has 5 nitrogen and oxygen atoms in total. The predicted molar refractivity (Wildman–Crippen MR) is 76.1 cm³/mol. The number of carbonyl (C=O) groups is 1. The van der Waals surface area contributed by atoms with Gasteiger partial charge < -0.3 is 5.11 Å². The van der Waals surface area contributed by atoms with Crippen LogP contribution in [0, 0.1) is 11.8 Å². The molecule has 0 spiro atoms. The minimum atomic E-state index is -0.773. The lowest BCUT2D eigenvalue weighted by atomic mass is 10.2. The first-order valence-electron chi connectivity index (χ1n) is 7.14. The molecule has 2 rings (SSSR count). The average Bonchev–Trinajstić information content (AvgIpc) is 2.69. The fourth-order valence-electron chi connectivity index (χ4n) is 2.37. The van der Waals surface area contributed by atoms with Gasteiger partial charge in [-0.2, -0.15) is 5.10 Å². The van der Waals surface area contributed by atoms with Crippen molar-refractivity contribution in [2.75, 3.05) is 13.1 Å². The van der Waals surface area contributed by atoms with Gasteiger partial charge in [0.2, 0.25) is 0 Å². The number of aliphatic carboxylic acids is 1. The van der Waals surface area contributed by atoms with Gasteiger partial charge in [-0.3, -0.25) is 14.4 Å². The summed E-state index contributed by atoms with van der Waals surface area (Å²) in [7, 11) is 0. The van der Waals surface area contributed by atoms with Crippen LogP contribution in [0.4, 0.5) is 0 Å². The van der Waals surface area contributed by atoms with Gasteiger partial charge in [-0.25, -0.2) is 0 Å². The molecule has 20 heavy (non-hydrogen) atoms. The smallest absolute Gasteiger partial charge is 0.303 e. The Balaban J connectivity index is 2.00. The summed E-state index contributed by atoms with van der Waals surface area (Å²) < 4.78 is 2.02. The molecule has 108 valence electrons. The van der Waals surface area contributed by atoms with Crippen LogP contribution in [0.25, 0.3) is 0 Å². The van der Waals surface area contributed by atoms with Crippen molar-refractivity contribution in [1.29, 1.82) is 0 Å². The van der Waals surface area contributed by atoms with E-state index in [0.717, 1.165) is 44.7 Å². The van der Waals surface area contributed by atoms with E-state index in [9.17, 15) is 4.79 Å². The van der Waals surface area contributed by atoms with Crippen LogP contribution >= 0.6 is 0 Å². The molecule has 1 aliphatic rings. The molecular weight excluding hydrogens is 254 g/mol. The van der Waals surface area contributed by atoms with Gasteiger partial charge >= 0.3 is 5.97 Å². The molecule has 0 radical (unpaired) electrons. The van der Waals surface area contributed by atoms with Crippen molar-refractivity contribution < 1.29 is 9.90 Å². The van der Waals surface area contributed by atoms with E-state index in [2.05, 4.69) is 28.8 Å². The van der Waals surface area contributed by atoms with Gasteiger partial charge in [0.15, 0.2) is 0 Å². The third-order valence-corrected chi connectivity index (χ3v) is 3.34. The van der Waals surface area contributed by atoms with Crippen LogP contribution in [0.15, 0.2) is 6.07 Å². The van der Waals surface area contributed by atoms with Crippen molar-refractivity contribution in [2.45, 2.75) is 45.7 Å². The van der Waals surface area contributed by atoms with Crippen LogP contribution in [-0.4, -0.2) is 38.8 Å². The molecular formula is C15H21N3O2. The van der Waals surface area contributed by atoms with Gasteiger partial charge in [0.1, 0.15) is 0 Å². The van der Waals surface area contributed by atoms with Crippen molar-refractivity contribution in [1.82, 2.24) is 14.7 Å². The molecule has 0 unspecified atom stereocenters. The van der Waals surface area contributed by atoms with Crippen LogP contribution in [0.5, 0.6) is 0 Å². The Hall–Kier alpha value is -1.80. The van der Waals surface area contributed by atoms with E-state index in [1.54, 1.807) is 0 Å². The second-order valence-electron chi connectivity index (χ2n) is 5.02. The maximum absolute atomic E-state index is 10.6. The zero-order valence-electron chi connectivity index (χ0n) is 11.9. The highest BCUT2D eigenvalue weighted by Gasteiger charge is 2.16. The lowest BCUT2D eigenvalue weighted by Crippen LogP contribution is -2.23. The Labute approximate surface area is 119 Å². The van der Waals surface area contributed by atoms with Crippen LogP contribution in [0.3, 0.4) is 0 Å². The summed E-state index contributed by atoms with van der Waals surface area (Å²) >= 11 is 0. The molecule has 0 saturated heterocycles. The predicted octanol–water partition coefficient (Wildman–Crippen LogP) is 1.52. The number of carboxylic acid groups (broad SMARTS) is 1. The average molecular weight is 275 g/mol. The second-order valence-corrected chi connectivity index (χ2v) is 5.02. The number of fused-ring (bicyclic) bond motifs is 1. The molecule has 0 bridgehead atoms. The summed E-state index contributed by atoms with van der Waals surface area (Å²) in [4.78, 5) is 12.9. The molecule has 0 fully saturated rings. The fraction of sp³-hybridized carbons (Fsp3) is 0.600. The van der Waals surface area contributed by atoms with Gasteiger partial charge in [0.05, 0.1) is 24.4 Å². The lowest BCUT2D eigenvalue weighted by Gasteiger charge is -2.15. The molecule has 5 heteroatoms. The Kier molecular flexibility index (Phi) is 5.19. The quantitative estimate of drug-likeness (QED) is 0.846. The van der Waals surface area contributed by atoms with E-state index in [-0.39, 0.29) is 6.42 Å². The van der Waals surface area contributed by atoms with E-state index >= 15 is 0 Å². The van der Waals surface area contributed by atoms with Crippen LogP contribution < -0.4 is 0 Å². The summed E-state index contributed by atoms with van der Waals surface area (Å²) in [6.45, 7) is 5.63. The second kappa shape index (κ2) is 7.11. The number of aromatic nitrogens is 2. The fourth-order valence-corrected chi connectivity index (χ4v) is 2.37. The molecule has 0 aliphatic carbocycles. The maximum atomic E-state index is 10.6. The van der Waals surface area contributed by atoms with Crippen molar-refractivity contribution >= 4 is 5.97 Å². The normalized spacial score (nSPS) is 15.1. The van der Waals surface area contributed by atoms with Crippen molar-refractivity contribution in [3.8, 4) is 11.8 Å². The number of hydrogen-bond acceptors (Lipinski definition) is 3. The standard InChI is InChI=1S/C15H21N3O2/c1-2-3-4-8-17-9-5-10-18-14(12-17)11-13(16-18)6-7-15(19)20/h11H,2,5-10,12H2,1H3,(H,19,20). The maximum Gasteiger partial charge on any atom is 0.303 e. The van der Waals surface area contributed by atoms with Crippen LogP contribution in [0.1, 0.15) is 37.6 Å². The van der Waals surface area contributed by atoms with E-state index in [4.69, 9.17) is 5.11 Å². The summed E-state index contributed by atoms with van der Waals surface area (Å²) in [5, 5.41) is 13.2. The number of aryl methyl sites for hydroxylation is 2. The molecule has 2 heterocycles. The summed E-state index contributed by atoms with van der Waals surface area (Å²) in [5.74, 6) is 5.50. The monoisotopic (exact) mass is 275 g/mol. The van der Waals surface area contributed by atoms with Gasteiger partial charge in [0, 0.05) is 32.5 Å². The summed E-state index contributed by atoms with van der Waals surface area (Å²) in [6, 6.07) is 2.04. The van der Waals surface area contributed by atoms with Crippen molar-refractivity contribution in [3.63, 3.8) is 0 Å². The van der Waals surface area contributed by atoms with Gasteiger partial charge in [-0.1, -0.05) is 12.8 Å². The first kappa shape index (κ1) is 14.6. The lowest BCUT2D eigenvalue weighted by molar-refractivity contribution is -0.136. The molecule has 0 aromatic carbocycles. The number of hydrogen-bond donors (Lipinski definition) is 1. The third kappa shape index (κ3) is 4.10. The first-order valence-corrected chi connectivity index (χ1v) is 7.14. The molecule has 1 N–H and O–H groups in total. The van der Waals surface area contributed by atoms with E-state index < -0.39 is 5.97 Å². The highest BCUT2D eigenvalue weighted by atomic mass is 16.4. The Morgan fingerprint density at radius 3 is 3.05 bits per heavy atom. The molecule has 0 amide bonds. The SMILES string of the molecule is CCC#CCN1CCCn2nc(CCC(=O)O)cc2C1. The Bertz CT molecular complexity index is 525. The largest absolute Gasteiger partial charge is 0.481 e. The van der Waals surface area contributed by atoms with Gasteiger partial charge in [0.25, 0.3) is 0 Å². The van der Waals surface area contributed by atoms with E-state index in [0.29, 0.717) is 6.42 Å². The molecule has 1 aromatic rings. The first-order chi connectivity index (χ1) is 9.69. The highest BCUT2D eigenvalue weighted by Crippen LogP contribution is 2.14. The Morgan fingerprint density at radius 1 is 1.45 bits per heavy atom.